The smallest absolute Gasteiger partial charge is 0.277 e. The summed E-state index contributed by atoms with van der Waals surface area (Å²) >= 11 is 1.27. The van der Waals surface area contributed by atoms with Crippen LogP contribution in [0.15, 0.2) is 33.9 Å². The Morgan fingerprint density at radius 3 is 2.74 bits per heavy atom. The first-order valence-corrected chi connectivity index (χ1v) is 10.1. The molecule has 1 aliphatic rings. The number of rotatable bonds is 7. The second kappa shape index (κ2) is 9.12. The minimum atomic E-state index is 0.118. The fourth-order valence-electron chi connectivity index (χ4n) is 3.30. The molecule has 1 fully saturated rings. The van der Waals surface area contributed by atoms with Crippen molar-refractivity contribution in [3.63, 3.8) is 0 Å². The topological polar surface area (TPSA) is 77.7 Å². The van der Waals surface area contributed by atoms with E-state index in [1.807, 2.05) is 23.1 Å². The van der Waals surface area contributed by atoms with Gasteiger partial charge in [-0.15, -0.1) is 10.2 Å². The molecule has 1 amide bonds. The molecule has 0 N–H and O–H groups in total. The van der Waals surface area contributed by atoms with Crippen molar-refractivity contribution in [2.45, 2.75) is 57.0 Å². The van der Waals surface area contributed by atoms with Crippen LogP contribution in [0.5, 0.6) is 11.5 Å². The molecule has 7 nitrogen and oxygen atoms in total. The van der Waals surface area contributed by atoms with Crippen LogP contribution in [0, 0.1) is 0 Å². The highest BCUT2D eigenvalue weighted by atomic mass is 32.2. The van der Waals surface area contributed by atoms with E-state index in [9.17, 15) is 4.79 Å². The van der Waals surface area contributed by atoms with Crippen LogP contribution < -0.4 is 9.47 Å². The number of nitrogens with zero attached hydrogens (tertiary/aromatic N) is 3. The van der Waals surface area contributed by atoms with Crippen LogP contribution in [0.3, 0.4) is 0 Å². The van der Waals surface area contributed by atoms with E-state index >= 15 is 0 Å². The molecule has 1 aliphatic heterocycles. The molecule has 2 heterocycles. The Morgan fingerprint density at radius 2 is 2.00 bits per heavy atom. The number of ether oxygens (including phenoxy) is 2. The van der Waals surface area contributed by atoms with Gasteiger partial charge in [0, 0.05) is 18.2 Å². The summed E-state index contributed by atoms with van der Waals surface area (Å²) in [5.74, 6) is 2.16. The van der Waals surface area contributed by atoms with Gasteiger partial charge in [-0.2, -0.15) is 0 Å². The zero-order chi connectivity index (χ0) is 19.2. The molecule has 2 atom stereocenters. The van der Waals surface area contributed by atoms with E-state index in [2.05, 4.69) is 24.0 Å². The van der Waals surface area contributed by atoms with E-state index in [0.29, 0.717) is 28.4 Å². The van der Waals surface area contributed by atoms with Crippen LogP contribution in [-0.2, 0) is 11.4 Å². The summed E-state index contributed by atoms with van der Waals surface area (Å²) < 4.78 is 16.4. The molecule has 1 aromatic heterocycles. The van der Waals surface area contributed by atoms with Crippen LogP contribution in [0.1, 0.15) is 39.0 Å². The lowest BCUT2D eigenvalue weighted by Crippen LogP contribution is -2.48. The first kappa shape index (κ1) is 19.5. The van der Waals surface area contributed by atoms with Gasteiger partial charge < -0.3 is 18.8 Å². The van der Waals surface area contributed by atoms with Crippen molar-refractivity contribution in [2.24, 2.45) is 0 Å². The van der Waals surface area contributed by atoms with Crippen LogP contribution in [0.2, 0.25) is 0 Å². The molecular weight excluding hydrogens is 366 g/mol. The largest absolute Gasteiger partial charge is 0.497 e. The van der Waals surface area contributed by atoms with Gasteiger partial charge in [-0.1, -0.05) is 17.8 Å². The number of aromatic nitrogens is 2. The van der Waals surface area contributed by atoms with Gasteiger partial charge in [0.2, 0.25) is 5.91 Å². The van der Waals surface area contributed by atoms with Gasteiger partial charge in [0.05, 0.1) is 12.9 Å². The minimum absolute atomic E-state index is 0.118. The van der Waals surface area contributed by atoms with E-state index in [1.165, 1.54) is 18.2 Å². The van der Waals surface area contributed by atoms with Crippen molar-refractivity contribution in [3.05, 3.63) is 30.2 Å². The first-order chi connectivity index (χ1) is 13.1. The number of benzene rings is 1. The summed E-state index contributed by atoms with van der Waals surface area (Å²) in [5, 5.41) is 8.34. The summed E-state index contributed by atoms with van der Waals surface area (Å²) in [6.07, 6.45) is 3.31. The van der Waals surface area contributed by atoms with Gasteiger partial charge in [0.15, 0.2) is 6.61 Å². The lowest BCUT2D eigenvalue weighted by molar-refractivity contribution is -0.134. The lowest BCUT2D eigenvalue weighted by atomic mass is 9.98. The molecule has 0 bridgehead atoms. The van der Waals surface area contributed by atoms with E-state index in [1.54, 1.807) is 13.2 Å². The third-order valence-corrected chi connectivity index (χ3v) is 5.46. The maximum Gasteiger partial charge on any atom is 0.277 e. The Hall–Kier alpha value is -2.22. The molecule has 146 valence electrons. The zero-order valence-electron chi connectivity index (χ0n) is 15.9. The molecule has 0 saturated carbocycles. The Morgan fingerprint density at radius 1 is 1.26 bits per heavy atom. The second-order valence-corrected chi connectivity index (χ2v) is 7.57. The lowest BCUT2D eigenvalue weighted by Gasteiger charge is -2.39. The summed E-state index contributed by atoms with van der Waals surface area (Å²) in [4.78, 5) is 14.5. The van der Waals surface area contributed by atoms with Gasteiger partial charge in [0.1, 0.15) is 11.5 Å². The molecule has 0 unspecified atom stereocenters. The van der Waals surface area contributed by atoms with Crippen LogP contribution >= 0.6 is 11.8 Å². The highest BCUT2D eigenvalue weighted by molar-refractivity contribution is 7.99. The second-order valence-electron chi connectivity index (χ2n) is 6.65. The number of likely N-dealkylation sites (tertiary alicyclic amines) is 1. The Labute approximate surface area is 163 Å². The number of hydrogen-bond donors (Lipinski definition) is 0. The molecule has 3 rings (SSSR count). The third-order valence-electron chi connectivity index (χ3n) is 4.65. The molecule has 0 radical (unpaired) electrons. The molecule has 27 heavy (non-hydrogen) atoms. The van der Waals surface area contributed by atoms with E-state index in [4.69, 9.17) is 13.9 Å². The van der Waals surface area contributed by atoms with Gasteiger partial charge in [-0.3, -0.25) is 4.79 Å². The summed E-state index contributed by atoms with van der Waals surface area (Å²) in [5.41, 5.74) is 0. The number of methoxy groups -OCH3 is 1. The molecule has 8 heteroatoms. The van der Waals surface area contributed by atoms with Crippen molar-refractivity contribution in [3.8, 4) is 11.5 Å². The van der Waals surface area contributed by atoms with Crippen molar-refractivity contribution in [2.75, 3.05) is 12.9 Å². The maximum absolute atomic E-state index is 12.5. The highest BCUT2D eigenvalue weighted by Gasteiger charge is 2.29. The SMILES string of the molecule is COc1cccc(OCc2nnc(SCC(=O)N3[C@H](C)CCC[C@H]3C)o2)c1. The van der Waals surface area contributed by atoms with Crippen LogP contribution in [-0.4, -0.2) is 46.0 Å². The predicted molar refractivity (Wildman–Crippen MR) is 102 cm³/mol. The van der Waals surface area contributed by atoms with Crippen molar-refractivity contribution in [1.82, 2.24) is 15.1 Å². The molecule has 1 saturated heterocycles. The first-order valence-electron chi connectivity index (χ1n) is 9.10. The van der Waals surface area contributed by atoms with Gasteiger partial charge >= 0.3 is 0 Å². The normalized spacial score (nSPS) is 19.7. The standard InChI is InChI=1S/C19H25N3O4S/c1-13-6-4-7-14(2)22(13)18(23)12-27-19-21-20-17(26-19)11-25-16-9-5-8-15(10-16)24-3/h5,8-10,13-14H,4,6-7,11-12H2,1-3H3/t13-,14-/m1/s1. The maximum atomic E-state index is 12.5. The molecule has 0 spiro atoms. The molecule has 1 aromatic carbocycles. The Balaban J connectivity index is 1.49. The number of hydrogen-bond acceptors (Lipinski definition) is 7. The van der Waals surface area contributed by atoms with Gasteiger partial charge in [0.25, 0.3) is 11.1 Å². The van der Waals surface area contributed by atoms with Crippen LogP contribution in [0.4, 0.5) is 0 Å². The van der Waals surface area contributed by atoms with Gasteiger partial charge in [-0.05, 0) is 45.2 Å². The zero-order valence-corrected chi connectivity index (χ0v) is 16.7. The number of thioether (sulfide) groups is 1. The fraction of sp³-hybridized carbons (Fsp3) is 0.526. The average molecular weight is 391 g/mol. The van der Waals surface area contributed by atoms with E-state index in [-0.39, 0.29) is 24.6 Å². The van der Waals surface area contributed by atoms with Crippen molar-refractivity contribution in [1.29, 1.82) is 0 Å². The quantitative estimate of drug-likeness (QED) is 0.668. The molecule has 2 aromatic rings. The van der Waals surface area contributed by atoms with E-state index in [0.717, 1.165) is 12.8 Å². The number of carbonyl (C=O) groups excluding carboxylic acids is 1. The van der Waals surface area contributed by atoms with Gasteiger partial charge in [-0.25, -0.2) is 0 Å². The third kappa shape index (κ3) is 5.15. The number of carbonyl (C=O) groups is 1. The van der Waals surface area contributed by atoms with E-state index < -0.39 is 0 Å². The fourth-order valence-corrected chi connectivity index (χ4v) is 3.95. The minimum Gasteiger partial charge on any atom is -0.497 e. The molecular formula is C19H25N3O4S. The van der Waals surface area contributed by atoms with Crippen molar-refractivity contribution >= 4 is 17.7 Å². The van der Waals surface area contributed by atoms with Crippen LogP contribution in [0.25, 0.3) is 0 Å². The highest BCUT2D eigenvalue weighted by Crippen LogP contribution is 2.25. The Kier molecular flexibility index (Phi) is 6.60. The number of piperidine rings is 1. The average Bonchev–Trinajstić information content (AvgIpc) is 3.13. The monoisotopic (exact) mass is 391 g/mol. The summed E-state index contributed by atoms with van der Waals surface area (Å²) in [6, 6.07) is 7.87. The molecule has 0 aliphatic carbocycles. The van der Waals surface area contributed by atoms with Crippen molar-refractivity contribution < 1.29 is 18.7 Å². The predicted octanol–water partition coefficient (Wildman–Crippen LogP) is 3.54. The number of amides is 1. The summed E-state index contributed by atoms with van der Waals surface area (Å²) in [6.45, 7) is 4.38. The Bertz CT molecular complexity index is 757. The summed E-state index contributed by atoms with van der Waals surface area (Å²) in [7, 11) is 1.60.